The molecule has 0 saturated heterocycles. The van der Waals surface area contributed by atoms with Gasteiger partial charge in [0.05, 0.1) is 17.7 Å². The SMILES string of the molecule is OCC1(Nc2ccc(Br)cc2C(F)(F)F)CCC1. The fraction of sp³-hybridized carbons (Fsp3) is 0.500. The Bertz CT molecular complexity index is 438. The monoisotopic (exact) mass is 323 g/mol. The zero-order valence-electron chi connectivity index (χ0n) is 9.52. The van der Waals surface area contributed by atoms with Crippen molar-refractivity contribution >= 4 is 21.6 Å². The van der Waals surface area contributed by atoms with E-state index >= 15 is 0 Å². The lowest BCUT2D eigenvalue weighted by atomic mass is 9.77. The van der Waals surface area contributed by atoms with Crippen LogP contribution in [0.4, 0.5) is 18.9 Å². The summed E-state index contributed by atoms with van der Waals surface area (Å²) in [6.45, 7) is -0.152. The highest BCUT2D eigenvalue weighted by molar-refractivity contribution is 9.10. The molecule has 1 aliphatic rings. The molecule has 1 saturated carbocycles. The van der Waals surface area contributed by atoms with E-state index in [1.807, 2.05) is 0 Å². The Morgan fingerprint density at radius 1 is 1.33 bits per heavy atom. The van der Waals surface area contributed by atoms with Gasteiger partial charge in [-0.2, -0.15) is 13.2 Å². The summed E-state index contributed by atoms with van der Waals surface area (Å²) in [6.07, 6.45) is -2.11. The predicted octanol–water partition coefficient (Wildman–Crippen LogP) is 3.79. The summed E-state index contributed by atoms with van der Waals surface area (Å²) >= 11 is 3.04. The minimum Gasteiger partial charge on any atom is -0.394 e. The number of rotatable bonds is 3. The number of hydrogen-bond donors (Lipinski definition) is 2. The van der Waals surface area contributed by atoms with Gasteiger partial charge in [-0.25, -0.2) is 0 Å². The first-order valence-electron chi connectivity index (χ1n) is 5.62. The van der Waals surface area contributed by atoms with E-state index in [0.717, 1.165) is 12.5 Å². The van der Waals surface area contributed by atoms with Crippen LogP contribution in [-0.4, -0.2) is 17.3 Å². The number of aliphatic hydroxyl groups is 1. The third-order valence-electron chi connectivity index (χ3n) is 3.30. The Morgan fingerprint density at radius 3 is 2.44 bits per heavy atom. The van der Waals surface area contributed by atoms with E-state index in [-0.39, 0.29) is 12.3 Å². The van der Waals surface area contributed by atoms with E-state index in [1.165, 1.54) is 6.07 Å². The van der Waals surface area contributed by atoms with E-state index in [0.29, 0.717) is 17.3 Å². The largest absolute Gasteiger partial charge is 0.418 e. The molecule has 0 heterocycles. The quantitative estimate of drug-likeness (QED) is 0.886. The molecule has 1 aromatic carbocycles. The molecule has 0 aliphatic heterocycles. The number of hydrogen-bond acceptors (Lipinski definition) is 2. The minimum absolute atomic E-state index is 0.0273. The molecule has 1 aliphatic carbocycles. The van der Waals surface area contributed by atoms with Gasteiger partial charge in [0, 0.05) is 10.2 Å². The van der Waals surface area contributed by atoms with Crippen LogP contribution in [-0.2, 0) is 6.18 Å². The Morgan fingerprint density at radius 2 is 2.00 bits per heavy atom. The maximum Gasteiger partial charge on any atom is 0.418 e. The number of aliphatic hydroxyl groups excluding tert-OH is 1. The van der Waals surface area contributed by atoms with E-state index in [4.69, 9.17) is 0 Å². The van der Waals surface area contributed by atoms with Crippen LogP contribution in [0.2, 0.25) is 0 Å². The van der Waals surface area contributed by atoms with Gasteiger partial charge in [0.25, 0.3) is 0 Å². The minimum atomic E-state index is -4.41. The lowest BCUT2D eigenvalue weighted by Gasteiger charge is -2.42. The summed E-state index contributed by atoms with van der Waals surface area (Å²) in [6, 6.07) is 4.00. The predicted molar refractivity (Wildman–Crippen MR) is 66.4 cm³/mol. The second-order valence-corrected chi connectivity index (χ2v) is 5.52. The first-order chi connectivity index (χ1) is 8.36. The third kappa shape index (κ3) is 2.64. The van der Waals surface area contributed by atoms with Gasteiger partial charge in [-0.1, -0.05) is 15.9 Å². The Labute approximate surface area is 111 Å². The lowest BCUT2D eigenvalue weighted by molar-refractivity contribution is -0.137. The van der Waals surface area contributed by atoms with E-state index in [2.05, 4.69) is 21.2 Å². The summed E-state index contributed by atoms with van der Waals surface area (Å²) in [5.41, 5.74) is -1.27. The molecule has 0 aromatic heterocycles. The van der Waals surface area contributed by atoms with Crippen molar-refractivity contribution in [3.8, 4) is 0 Å². The molecule has 6 heteroatoms. The molecule has 2 N–H and O–H groups in total. The molecule has 0 amide bonds. The molecule has 0 unspecified atom stereocenters. The van der Waals surface area contributed by atoms with Crippen LogP contribution in [0.1, 0.15) is 24.8 Å². The fourth-order valence-electron chi connectivity index (χ4n) is 2.07. The molecule has 2 nitrogen and oxygen atoms in total. The number of nitrogens with one attached hydrogen (secondary N) is 1. The average Bonchev–Trinajstić information content (AvgIpc) is 2.24. The zero-order chi connectivity index (χ0) is 13.4. The van der Waals surface area contributed by atoms with Crippen LogP contribution in [0.15, 0.2) is 22.7 Å². The van der Waals surface area contributed by atoms with Gasteiger partial charge in [0.1, 0.15) is 0 Å². The van der Waals surface area contributed by atoms with Crippen molar-refractivity contribution in [1.29, 1.82) is 0 Å². The number of anilines is 1. The molecule has 100 valence electrons. The van der Waals surface area contributed by atoms with Gasteiger partial charge in [0.2, 0.25) is 0 Å². The van der Waals surface area contributed by atoms with Gasteiger partial charge in [0.15, 0.2) is 0 Å². The molecule has 0 atom stereocenters. The summed E-state index contributed by atoms with van der Waals surface area (Å²) < 4.78 is 39.1. The molecule has 1 aromatic rings. The van der Waals surface area contributed by atoms with Crippen molar-refractivity contribution in [2.45, 2.75) is 31.0 Å². The van der Waals surface area contributed by atoms with E-state index < -0.39 is 17.3 Å². The first-order valence-corrected chi connectivity index (χ1v) is 6.41. The maximum absolute atomic E-state index is 12.9. The fourth-order valence-corrected chi connectivity index (χ4v) is 2.43. The summed E-state index contributed by atoms with van der Waals surface area (Å²) in [7, 11) is 0. The van der Waals surface area contributed by atoms with Crippen molar-refractivity contribution in [1.82, 2.24) is 0 Å². The Balaban J connectivity index is 2.32. The van der Waals surface area contributed by atoms with Crippen LogP contribution in [0, 0.1) is 0 Å². The van der Waals surface area contributed by atoms with Gasteiger partial charge >= 0.3 is 6.18 Å². The van der Waals surface area contributed by atoms with Crippen LogP contribution in [0.5, 0.6) is 0 Å². The third-order valence-corrected chi connectivity index (χ3v) is 3.79. The number of benzene rings is 1. The van der Waals surface area contributed by atoms with Crippen molar-refractivity contribution in [3.05, 3.63) is 28.2 Å². The highest BCUT2D eigenvalue weighted by Gasteiger charge is 2.40. The highest BCUT2D eigenvalue weighted by Crippen LogP contribution is 2.41. The first kappa shape index (κ1) is 13.7. The number of alkyl halides is 3. The summed E-state index contributed by atoms with van der Waals surface area (Å²) in [5, 5.41) is 12.1. The number of halogens is 4. The Kier molecular flexibility index (Phi) is 3.60. The normalized spacial score (nSPS) is 18.3. The Hall–Kier alpha value is -0.750. The molecule has 0 radical (unpaired) electrons. The summed E-state index contributed by atoms with van der Waals surface area (Å²) in [5.74, 6) is 0. The molecule has 2 rings (SSSR count). The van der Waals surface area contributed by atoms with Crippen molar-refractivity contribution in [2.24, 2.45) is 0 Å². The van der Waals surface area contributed by atoms with Gasteiger partial charge in [-0.05, 0) is 37.5 Å². The van der Waals surface area contributed by atoms with E-state index in [1.54, 1.807) is 6.07 Å². The van der Waals surface area contributed by atoms with Gasteiger partial charge in [-0.15, -0.1) is 0 Å². The second kappa shape index (κ2) is 4.74. The molecular weight excluding hydrogens is 311 g/mol. The molecule has 0 spiro atoms. The van der Waals surface area contributed by atoms with Crippen molar-refractivity contribution in [2.75, 3.05) is 11.9 Å². The van der Waals surface area contributed by atoms with Crippen LogP contribution < -0.4 is 5.32 Å². The van der Waals surface area contributed by atoms with Crippen LogP contribution in [0.25, 0.3) is 0 Å². The standard InChI is InChI=1S/C12H13BrF3NO/c13-8-2-3-10(9(6-8)12(14,15)16)17-11(7-18)4-1-5-11/h2-3,6,17-18H,1,4-5,7H2. The molecule has 1 fully saturated rings. The summed E-state index contributed by atoms with van der Waals surface area (Å²) in [4.78, 5) is 0. The molecule has 0 bridgehead atoms. The molecule has 18 heavy (non-hydrogen) atoms. The van der Waals surface area contributed by atoms with Gasteiger partial charge < -0.3 is 10.4 Å². The molecular formula is C12H13BrF3NO. The van der Waals surface area contributed by atoms with Crippen LogP contribution in [0.3, 0.4) is 0 Å². The van der Waals surface area contributed by atoms with E-state index in [9.17, 15) is 18.3 Å². The van der Waals surface area contributed by atoms with Crippen molar-refractivity contribution in [3.63, 3.8) is 0 Å². The zero-order valence-corrected chi connectivity index (χ0v) is 11.1. The van der Waals surface area contributed by atoms with Crippen molar-refractivity contribution < 1.29 is 18.3 Å². The average molecular weight is 324 g/mol. The topological polar surface area (TPSA) is 32.3 Å². The van der Waals surface area contributed by atoms with Gasteiger partial charge in [-0.3, -0.25) is 0 Å². The van der Waals surface area contributed by atoms with Crippen LogP contribution >= 0.6 is 15.9 Å². The smallest absolute Gasteiger partial charge is 0.394 e. The second-order valence-electron chi connectivity index (χ2n) is 4.60. The highest BCUT2D eigenvalue weighted by atomic mass is 79.9. The lowest BCUT2D eigenvalue weighted by Crippen LogP contribution is -2.48. The maximum atomic E-state index is 12.9.